The molecule has 8 nitrogen and oxygen atoms in total. The first-order chi connectivity index (χ1) is 11.8. The SMILES string of the molecule is CNS(=O)(=O)c1ccc(Nc2ccc3c(c2)N(C)CC3)c([N+](=O)[O-])c1. The number of anilines is 3. The van der Waals surface area contributed by atoms with E-state index >= 15 is 0 Å². The molecule has 0 bridgehead atoms. The fourth-order valence-electron chi connectivity index (χ4n) is 2.83. The summed E-state index contributed by atoms with van der Waals surface area (Å²) in [5, 5.41) is 14.4. The number of nitrogens with one attached hydrogen (secondary N) is 2. The molecule has 0 amide bonds. The summed E-state index contributed by atoms with van der Waals surface area (Å²) in [6.45, 7) is 0.940. The summed E-state index contributed by atoms with van der Waals surface area (Å²) in [6, 6.07) is 9.57. The second-order valence-electron chi connectivity index (χ2n) is 5.78. The molecule has 0 fully saturated rings. The molecule has 1 heterocycles. The van der Waals surface area contributed by atoms with E-state index in [1.54, 1.807) is 0 Å². The first-order valence-electron chi connectivity index (χ1n) is 7.65. The van der Waals surface area contributed by atoms with E-state index in [0.717, 1.165) is 24.7 Å². The van der Waals surface area contributed by atoms with Crippen molar-refractivity contribution < 1.29 is 13.3 Å². The van der Waals surface area contributed by atoms with E-state index < -0.39 is 14.9 Å². The molecule has 2 aromatic rings. The highest BCUT2D eigenvalue weighted by Crippen LogP contribution is 2.34. The van der Waals surface area contributed by atoms with Gasteiger partial charge >= 0.3 is 0 Å². The lowest BCUT2D eigenvalue weighted by Gasteiger charge is -2.14. The maximum absolute atomic E-state index is 11.8. The molecular formula is C16H18N4O4S. The minimum Gasteiger partial charge on any atom is -0.374 e. The predicted octanol–water partition coefficient (Wildman–Crippen LogP) is 2.24. The number of fused-ring (bicyclic) bond motifs is 1. The smallest absolute Gasteiger partial charge is 0.294 e. The van der Waals surface area contributed by atoms with Gasteiger partial charge in [0.05, 0.1) is 9.82 Å². The van der Waals surface area contributed by atoms with Crippen LogP contribution in [0.15, 0.2) is 41.3 Å². The number of nitrogens with zero attached hydrogens (tertiary/aromatic N) is 2. The molecule has 0 aliphatic carbocycles. The third kappa shape index (κ3) is 3.28. The van der Waals surface area contributed by atoms with Gasteiger partial charge in [0, 0.05) is 31.0 Å². The summed E-state index contributed by atoms with van der Waals surface area (Å²) < 4.78 is 25.8. The Labute approximate surface area is 145 Å². The van der Waals surface area contributed by atoms with E-state index in [4.69, 9.17) is 0 Å². The number of rotatable bonds is 5. The molecule has 2 aromatic carbocycles. The van der Waals surface area contributed by atoms with Crippen LogP contribution < -0.4 is 14.9 Å². The Morgan fingerprint density at radius 3 is 2.64 bits per heavy atom. The standard InChI is InChI=1S/C16H18N4O4S/c1-17-25(23,24)13-5-6-14(16(10-13)20(21)22)18-12-4-3-11-7-8-19(2)15(11)9-12/h3-6,9-10,17-18H,7-8H2,1-2H3. The molecule has 25 heavy (non-hydrogen) atoms. The molecular weight excluding hydrogens is 344 g/mol. The molecule has 0 radical (unpaired) electrons. The van der Waals surface area contributed by atoms with Crippen LogP contribution >= 0.6 is 0 Å². The van der Waals surface area contributed by atoms with E-state index in [0.29, 0.717) is 5.69 Å². The molecule has 132 valence electrons. The molecule has 0 atom stereocenters. The molecule has 0 unspecified atom stereocenters. The maximum Gasteiger partial charge on any atom is 0.294 e. The summed E-state index contributed by atoms with van der Waals surface area (Å²) in [5.74, 6) is 0. The van der Waals surface area contributed by atoms with Crippen LogP contribution in [0.5, 0.6) is 0 Å². The van der Waals surface area contributed by atoms with Crippen LogP contribution in [0.3, 0.4) is 0 Å². The number of hydrogen-bond acceptors (Lipinski definition) is 6. The highest BCUT2D eigenvalue weighted by molar-refractivity contribution is 7.89. The lowest BCUT2D eigenvalue weighted by atomic mass is 10.1. The number of sulfonamides is 1. The van der Waals surface area contributed by atoms with Crippen LogP contribution in [0, 0.1) is 10.1 Å². The van der Waals surface area contributed by atoms with Gasteiger partial charge in [0.2, 0.25) is 10.0 Å². The topological polar surface area (TPSA) is 105 Å². The largest absolute Gasteiger partial charge is 0.374 e. The average molecular weight is 362 g/mol. The number of nitro benzene ring substituents is 1. The van der Waals surface area contributed by atoms with Gasteiger partial charge in [0.1, 0.15) is 5.69 Å². The van der Waals surface area contributed by atoms with Crippen LogP contribution in [0.4, 0.5) is 22.7 Å². The van der Waals surface area contributed by atoms with Gasteiger partial charge < -0.3 is 10.2 Å². The van der Waals surface area contributed by atoms with Crippen molar-refractivity contribution in [1.82, 2.24) is 4.72 Å². The molecule has 3 rings (SSSR count). The Kier molecular flexibility index (Phi) is 4.36. The van der Waals surface area contributed by atoms with Crippen molar-refractivity contribution >= 4 is 32.8 Å². The van der Waals surface area contributed by atoms with Crippen LogP contribution in [0.25, 0.3) is 0 Å². The first-order valence-corrected chi connectivity index (χ1v) is 9.13. The molecule has 2 N–H and O–H groups in total. The van der Waals surface area contributed by atoms with Crippen LogP contribution in [0.1, 0.15) is 5.56 Å². The Hall–Kier alpha value is -2.65. The highest BCUT2D eigenvalue weighted by Gasteiger charge is 2.21. The number of hydrogen-bond donors (Lipinski definition) is 2. The second kappa shape index (κ2) is 6.34. The molecule has 0 saturated heterocycles. The van der Waals surface area contributed by atoms with Crippen molar-refractivity contribution in [3.05, 3.63) is 52.1 Å². The Balaban J connectivity index is 1.98. The zero-order chi connectivity index (χ0) is 18.2. The molecule has 9 heteroatoms. The Bertz CT molecular complexity index is 943. The molecule has 1 aliphatic heterocycles. The van der Waals surface area contributed by atoms with Gasteiger partial charge in [-0.05, 0) is 43.3 Å². The number of benzene rings is 2. The zero-order valence-corrected chi connectivity index (χ0v) is 14.6. The quantitative estimate of drug-likeness (QED) is 0.624. The fourth-order valence-corrected chi connectivity index (χ4v) is 3.58. The lowest BCUT2D eigenvalue weighted by molar-refractivity contribution is -0.384. The van der Waals surface area contributed by atoms with Crippen molar-refractivity contribution in [2.45, 2.75) is 11.3 Å². The summed E-state index contributed by atoms with van der Waals surface area (Å²) in [4.78, 5) is 12.7. The van der Waals surface area contributed by atoms with E-state index in [2.05, 4.69) is 14.9 Å². The van der Waals surface area contributed by atoms with E-state index in [9.17, 15) is 18.5 Å². The summed E-state index contributed by atoms with van der Waals surface area (Å²) >= 11 is 0. The van der Waals surface area contributed by atoms with Gasteiger partial charge in [-0.1, -0.05) is 6.07 Å². The number of nitro groups is 1. The van der Waals surface area contributed by atoms with Crippen molar-refractivity contribution in [2.75, 3.05) is 30.9 Å². The third-order valence-corrected chi connectivity index (χ3v) is 5.65. The summed E-state index contributed by atoms with van der Waals surface area (Å²) in [5.41, 5.74) is 2.96. The monoisotopic (exact) mass is 362 g/mol. The first kappa shape index (κ1) is 17.2. The molecule has 0 aromatic heterocycles. The average Bonchev–Trinajstić information content (AvgIpc) is 2.95. The molecule has 1 aliphatic rings. The Morgan fingerprint density at radius 1 is 1.20 bits per heavy atom. The van der Waals surface area contributed by atoms with Gasteiger partial charge in [-0.25, -0.2) is 13.1 Å². The Morgan fingerprint density at radius 2 is 1.96 bits per heavy atom. The predicted molar refractivity (Wildman–Crippen MR) is 96.0 cm³/mol. The van der Waals surface area contributed by atoms with Gasteiger partial charge in [0.25, 0.3) is 5.69 Å². The van der Waals surface area contributed by atoms with Crippen molar-refractivity contribution in [3.63, 3.8) is 0 Å². The normalized spacial score (nSPS) is 13.6. The van der Waals surface area contributed by atoms with Crippen molar-refractivity contribution in [3.8, 4) is 0 Å². The second-order valence-corrected chi connectivity index (χ2v) is 7.67. The lowest BCUT2D eigenvalue weighted by Crippen LogP contribution is -2.18. The summed E-state index contributed by atoms with van der Waals surface area (Å²) in [6.07, 6.45) is 0.975. The van der Waals surface area contributed by atoms with Gasteiger partial charge in [-0.3, -0.25) is 10.1 Å². The van der Waals surface area contributed by atoms with Crippen LogP contribution in [0.2, 0.25) is 0 Å². The molecule has 0 spiro atoms. The third-order valence-electron chi connectivity index (χ3n) is 4.24. The van der Waals surface area contributed by atoms with Crippen LogP contribution in [-0.4, -0.2) is 34.0 Å². The zero-order valence-electron chi connectivity index (χ0n) is 13.8. The van der Waals surface area contributed by atoms with E-state index in [1.807, 2.05) is 25.2 Å². The van der Waals surface area contributed by atoms with Crippen LogP contribution in [-0.2, 0) is 16.4 Å². The molecule has 0 saturated carbocycles. The minimum absolute atomic E-state index is 0.152. The van der Waals surface area contributed by atoms with Gasteiger partial charge in [-0.15, -0.1) is 0 Å². The van der Waals surface area contributed by atoms with Crippen molar-refractivity contribution in [1.29, 1.82) is 0 Å². The maximum atomic E-state index is 11.8. The number of likely N-dealkylation sites (N-methyl/N-ethyl adjacent to an activating group) is 1. The van der Waals surface area contributed by atoms with Gasteiger partial charge in [-0.2, -0.15) is 0 Å². The van der Waals surface area contributed by atoms with Crippen molar-refractivity contribution in [2.24, 2.45) is 0 Å². The summed E-state index contributed by atoms with van der Waals surface area (Å²) in [7, 11) is -0.494. The fraction of sp³-hybridized carbons (Fsp3) is 0.250. The van der Waals surface area contributed by atoms with E-state index in [1.165, 1.54) is 24.7 Å². The van der Waals surface area contributed by atoms with Gasteiger partial charge in [0.15, 0.2) is 0 Å². The minimum atomic E-state index is -3.75. The van der Waals surface area contributed by atoms with E-state index in [-0.39, 0.29) is 16.3 Å². The highest BCUT2D eigenvalue weighted by atomic mass is 32.2.